The third-order valence-corrected chi connectivity index (χ3v) is 5.26. The number of amides is 1. The molecule has 0 saturated carbocycles. The first-order chi connectivity index (χ1) is 14.1. The minimum Gasteiger partial charge on any atom is -0.486 e. The van der Waals surface area contributed by atoms with Crippen LogP contribution in [0.25, 0.3) is 0 Å². The van der Waals surface area contributed by atoms with Gasteiger partial charge >= 0.3 is 0 Å². The number of hydrogen-bond donors (Lipinski definition) is 1. The summed E-state index contributed by atoms with van der Waals surface area (Å²) < 4.78 is 20.5. The van der Waals surface area contributed by atoms with Gasteiger partial charge in [-0.3, -0.25) is 4.79 Å². The fourth-order valence-electron chi connectivity index (χ4n) is 2.80. The first kappa shape index (κ1) is 20.9. The van der Waals surface area contributed by atoms with Gasteiger partial charge in [-0.2, -0.15) is 0 Å². The second kappa shape index (κ2) is 10.1. The number of benzene rings is 2. The highest BCUT2D eigenvalue weighted by atomic mass is 32.2. The summed E-state index contributed by atoms with van der Waals surface area (Å²) in [5, 5.41) is 12.0. The Morgan fingerprint density at radius 2 is 1.90 bits per heavy atom. The average molecular weight is 415 g/mol. The highest BCUT2D eigenvalue weighted by Gasteiger charge is 2.14. The van der Waals surface area contributed by atoms with Crippen molar-refractivity contribution in [2.45, 2.75) is 38.6 Å². The number of carbonyl (C=O) groups is 1. The number of anilines is 1. The van der Waals surface area contributed by atoms with Crippen LogP contribution in [0.15, 0.2) is 53.7 Å². The third-order valence-electron chi connectivity index (χ3n) is 4.30. The highest BCUT2D eigenvalue weighted by molar-refractivity contribution is 7.99. The van der Waals surface area contributed by atoms with Gasteiger partial charge in [0.15, 0.2) is 11.0 Å². The number of hydrogen-bond acceptors (Lipinski definition) is 5. The lowest BCUT2D eigenvalue weighted by atomic mass is 10.1. The van der Waals surface area contributed by atoms with E-state index >= 15 is 0 Å². The Kier molecular flexibility index (Phi) is 7.24. The summed E-state index contributed by atoms with van der Waals surface area (Å²) in [5.74, 6) is 1.03. The third kappa shape index (κ3) is 5.57. The first-order valence-corrected chi connectivity index (χ1v) is 10.4. The second-order valence-corrected chi connectivity index (χ2v) is 7.18. The topological polar surface area (TPSA) is 69.0 Å². The molecular formula is C21H23FN4O2S. The number of rotatable bonds is 9. The van der Waals surface area contributed by atoms with E-state index < -0.39 is 0 Å². The van der Waals surface area contributed by atoms with Gasteiger partial charge in [0.05, 0.1) is 5.75 Å². The fourth-order valence-corrected chi connectivity index (χ4v) is 3.62. The minimum absolute atomic E-state index is 0.0920. The molecule has 152 valence electrons. The SMILES string of the molecule is CCc1ccccc1NC(=O)CSc1nnc(COc2ccc(F)cc2)n1CC. The molecule has 0 atom stereocenters. The number of aryl methyl sites for hydroxylation is 1. The van der Waals surface area contributed by atoms with Crippen molar-refractivity contribution >= 4 is 23.4 Å². The Bertz CT molecular complexity index is 960. The van der Waals surface area contributed by atoms with Gasteiger partial charge in [-0.25, -0.2) is 4.39 Å². The molecule has 8 heteroatoms. The van der Waals surface area contributed by atoms with Gasteiger partial charge in [0, 0.05) is 12.2 Å². The minimum atomic E-state index is -0.312. The van der Waals surface area contributed by atoms with Crippen molar-refractivity contribution in [2.75, 3.05) is 11.1 Å². The highest BCUT2D eigenvalue weighted by Crippen LogP contribution is 2.20. The molecule has 2 aromatic carbocycles. The summed E-state index contributed by atoms with van der Waals surface area (Å²) in [4.78, 5) is 12.4. The van der Waals surface area contributed by atoms with Crippen molar-refractivity contribution < 1.29 is 13.9 Å². The Morgan fingerprint density at radius 3 is 2.62 bits per heavy atom. The molecule has 1 amide bonds. The summed E-state index contributed by atoms with van der Waals surface area (Å²) in [6.45, 7) is 4.90. The van der Waals surface area contributed by atoms with Gasteiger partial charge in [-0.15, -0.1) is 10.2 Å². The predicted molar refractivity (Wildman–Crippen MR) is 112 cm³/mol. The average Bonchev–Trinajstić information content (AvgIpc) is 3.14. The molecule has 1 heterocycles. The lowest BCUT2D eigenvalue weighted by Gasteiger charge is -2.10. The smallest absolute Gasteiger partial charge is 0.234 e. The van der Waals surface area contributed by atoms with E-state index in [4.69, 9.17) is 4.74 Å². The van der Waals surface area contributed by atoms with Gasteiger partial charge in [0.25, 0.3) is 0 Å². The zero-order valence-electron chi connectivity index (χ0n) is 16.4. The molecule has 0 saturated heterocycles. The van der Waals surface area contributed by atoms with Gasteiger partial charge < -0.3 is 14.6 Å². The van der Waals surface area contributed by atoms with E-state index in [1.807, 2.05) is 35.8 Å². The summed E-state index contributed by atoms with van der Waals surface area (Å²) in [6, 6.07) is 13.6. The Hall–Kier alpha value is -2.87. The molecule has 0 spiro atoms. The maximum atomic E-state index is 13.0. The standard InChI is InChI=1S/C21H23FN4O2S/c1-3-15-7-5-6-8-18(15)23-20(27)14-29-21-25-24-19(26(21)4-2)13-28-17-11-9-16(22)10-12-17/h5-12H,3-4,13-14H2,1-2H3,(H,23,27). The lowest BCUT2D eigenvalue weighted by Crippen LogP contribution is -2.16. The van der Waals surface area contributed by atoms with Crippen LogP contribution in [0.1, 0.15) is 25.2 Å². The summed E-state index contributed by atoms with van der Waals surface area (Å²) in [7, 11) is 0. The zero-order valence-corrected chi connectivity index (χ0v) is 17.2. The molecule has 3 aromatic rings. The zero-order chi connectivity index (χ0) is 20.6. The molecule has 0 radical (unpaired) electrons. The summed E-state index contributed by atoms with van der Waals surface area (Å²) in [5.41, 5.74) is 1.94. The van der Waals surface area contributed by atoms with Gasteiger partial charge in [0.1, 0.15) is 18.2 Å². The Morgan fingerprint density at radius 1 is 1.14 bits per heavy atom. The molecular weight excluding hydrogens is 391 g/mol. The van der Waals surface area contributed by atoms with Gasteiger partial charge in [-0.1, -0.05) is 36.9 Å². The van der Waals surface area contributed by atoms with Crippen molar-refractivity contribution in [3.8, 4) is 5.75 Å². The molecule has 0 bridgehead atoms. The molecule has 0 unspecified atom stereocenters. The second-order valence-electron chi connectivity index (χ2n) is 6.23. The van der Waals surface area contributed by atoms with Crippen LogP contribution in [0.3, 0.4) is 0 Å². The predicted octanol–water partition coefficient (Wildman–Crippen LogP) is 4.31. The van der Waals surface area contributed by atoms with E-state index in [0.29, 0.717) is 23.3 Å². The molecule has 1 aromatic heterocycles. The molecule has 1 N–H and O–H groups in total. The van der Waals surface area contributed by atoms with E-state index in [1.54, 1.807) is 12.1 Å². The van der Waals surface area contributed by atoms with E-state index in [2.05, 4.69) is 22.4 Å². The molecule has 3 rings (SSSR count). The number of para-hydroxylation sites is 1. The number of ether oxygens (including phenoxy) is 1. The number of nitrogens with zero attached hydrogens (tertiary/aromatic N) is 3. The van der Waals surface area contributed by atoms with Gasteiger partial charge in [0.2, 0.25) is 5.91 Å². The monoisotopic (exact) mass is 414 g/mol. The number of aromatic nitrogens is 3. The number of carbonyl (C=O) groups excluding carboxylic acids is 1. The molecule has 29 heavy (non-hydrogen) atoms. The Labute approximate surface area is 173 Å². The van der Waals surface area contributed by atoms with Crippen LogP contribution < -0.4 is 10.1 Å². The van der Waals surface area contributed by atoms with Crippen molar-refractivity contribution in [2.24, 2.45) is 0 Å². The molecule has 0 aliphatic rings. The van der Waals surface area contributed by atoms with E-state index in [1.165, 1.54) is 23.9 Å². The summed E-state index contributed by atoms with van der Waals surface area (Å²) in [6.07, 6.45) is 0.852. The number of nitrogens with one attached hydrogen (secondary N) is 1. The van der Waals surface area contributed by atoms with Crippen LogP contribution in [0.4, 0.5) is 10.1 Å². The van der Waals surface area contributed by atoms with Crippen LogP contribution in [0.2, 0.25) is 0 Å². The molecule has 0 aliphatic carbocycles. The largest absolute Gasteiger partial charge is 0.486 e. The van der Waals surface area contributed by atoms with Crippen molar-refractivity contribution in [1.29, 1.82) is 0 Å². The fraction of sp³-hybridized carbons (Fsp3) is 0.286. The van der Waals surface area contributed by atoms with Crippen LogP contribution in [-0.2, 0) is 24.4 Å². The quantitative estimate of drug-likeness (QED) is 0.529. The van der Waals surface area contributed by atoms with Crippen LogP contribution in [0.5, 0.6) is 5.75 Å². The number of halogens is 1. The molecule has 0 aliphatic heterocycles. The van der Waals surface area contributed by atoms with Crippen LogP contribution in [0, 0.1) is 5.82 Å². The van der Waals surface area contributed by atoms with Crippen molar-refractivity contribution in [3.63, 3.8) is 0 Å². The van der Waals surface area contributed by atoms with E-state index in [0.717, 1.165) is 17.7 Å². The van der Waals surface area contributed by atoms with E-state index in [-0.39, 0.29) is 24.1 Å². The summed E-state index contributed by atoms with van der Waals surface area (Å²) >= 11 is 1.33. The first-order valence-electron chi connectivity index (χ1n) is 9.41. The maximum absolute atomic E-state index is 13.0. The van der Waals surface area contributed by atoms with Gasteiger partial charge in [-0.05, 0) is 49.2 Å². The molecule has 0 fully saturated rings. The van der Waals surface area contributed by atoms with Crippen LogP contribution in [-0.4, -0.2) is 26.4 Å². The van der Waals surface area contributed by atoms with E-state index in [9.17, 15) is 9.18 Å². The van der Waals surface area contributed by atoms with Crippen LogP contribution >= 0.6 is 11.8 Å². The lowest BCUT2D eigenvalue weighted by molar-refractivity contribution is -0.113. The normalized spacial score (nSPS) is 10.7. The maximum Gasteiger partial charge on any atom is 0.234 e. The molecule has 6 nitrogen and oxygen atoms in total. The number of thioether (sulfide) groups is 1. The van der Waals surface area contributed by atoms with Crippen molar-refractivity contribution in [3.05, 3.63) is 65.7 Å². The Balaban J connectivity index is 1.58. The van der Waals surface area contributed by atoms with Crippen molar-refractivity contribution in [1.82, 2.24) is 14.8 Å².